The number of aryl methyl sites for hydroxylation is 1. The molecule has 3 heterocycles. The molecule has 0 fully saturated rings. The van der Waals surface area contributed by atoms with Crippen LogP contribution in [0.5, 0.6) is 11.5 Å². The van der Waals surface area contributed by atoms with Crippen molar-refractivity contribution in [1.29, 1.82) is 0 Å². The van der Waals surface area contributed by atoms with Gasteiger partial charge in [-0.25, -0.2) is 0 Å². The van der Waals surface area contributed by atoms with Crippen LogP contribution in [0.2, 0.25) is 0 Å². The molecule has 2 aromatic carbocycles. The molecule has 1 aliphatic rings. The summed E-state index contributed by atoms with van der Waals surface area (Å²) < 4.78 is 14.2. The van der Waals surface area contributed by atoms with E-state index in [1.807, 2.05) is 48.0 Å². The smallest absolute Gasteiger partial charge is 0.296 e. The van der Waals surface area contributed by atoms with Gasteiger partial charge in [-0.1, -0.05) is 0 Å². The van der Waals surface area contributed by atoms with E-state index < -0.39 is 0 Å². The van der Waals surface area contributed by atoms with Crippen LogP contribution >= 0.6 is 0 Å². The van der Waals surface area contributed by atoms with Crippen molar-refractivity contribution in [3.8, 4) is 17.2 Å². The third-order valence-corrected chi connectivity index (χ3v) is 5.06. The normalized spacial score (nSPS) is 13.2. The molecule has 0 radical (unpaired) electrons. The number of methoxy groups -OCH3 is 1. The van der Waals surface area contributed by atoms with Crippen LogP contribution in [0.25, 0.3) is 27.5 Å². The van der Waals surface area contributed by atoms with Crippen LogP contribution in [0, 0.1) is 0 Å². The average molecular weight is 347 g/mol. The Labute approximate surface area is 149 Å². The SMILES string of the molecule is COc1ccc2c(c1)c1cnn(-c3ccc4c(c3)CCO4)c(=O)c1n2C. The van der Waals surface area contributed by atoms with E-state index in [2.05, 4.69) is 5.10 Å². The summed E-state index contributed by atoms with van der Waals surface area (Å²) in [6.45, 7) is 0.686. The summed E-state index contributed by atoms with van der Waals surface area (Å²) in [6, 6.07) is 11.6. The Morgan fingerprint density at radius 2 is 2.04 bits per heavy atom. The zero-order valence-electron chi connectivity index (χ0n) is 14.5. The lowest BCUT2D eigenvalue weighted by atomic mass is 10.1. The van der Waals surface area contributed by atoms with Crippen molar-refractivity contribution < 1.29 is 9.47 Å². The van der Waals surface area contributed by atoms with Gasteiger partial charge in [0, 0.05) is 29.8 Å². The van der Waals surface area contributed by atoms with Crippen LogP contribution in [-0.4, -0.2) is 28.1 Å². The van der Waals surface area contributed by atoms with E-state index in [4.69, 9.17) is 9.47 Å². The molecule has 0 spiro atoms. The molecule has 130 valence electrons. The molecule has 2 aromatic heterocycles. The highest BCUT2D eigenvalue weighted by atomic mass is 16.5. The predicted molar refractivity (Wildman–Crippen MR) is 99.6 cm³/mol. The maximum atomic E-state index is 13.2. The number of ether oxygens (including phenoxy) is 2. The van der Waals surface area contributed by atoms with Gasteiger partial charge in [0.15, 0.2) is 0 Å². The minimum Gasteiger partial charge on any atom is -0.497 e. The quantitative estimate of drug-likeness (QED) is 0.559. The second-order valence-corrected chi connectivity index (χ2v) is 6.46. The summed E-state index contributed by atoms with van der Waals surface area (Å²) >= 11 is 0. The fourth-order valence-electron chi connectivity index (χ4n) is 3.73. The fraction of sp³-hybridized carbons (Fsp3) is 0.200. The van der Waals surface area contributed by atoms with Gasteiger partial charge < -0.3 is 14.0 Å². The van der Waals surface area contributed by atoms with Crippen molar-refractivity contribution in [3.05, 3.63) is 58.5 Å². The monoisotopic (exact) mass is 347 g/mol. The minimum absolute atomic E-state index is 0.140. The van der Waals surface area contributed by atoms with Gasteiger partial charge in [-0.2, -0.15) is 9.78 Å². The Morgan fingerprint density at radius 3 is 2.88 bits per heavy atom. The first-order chi connectivity index (χ1) is 12.7. The summed E-state index contributed by atoms with van der Waals surface area (Å²) in [5, 5.41) is 6.22. The topological polar surface area (TPSA) is 58.3 Å². The molecule has 6 heteroatoms. The van der Waals surface area contributed by atoms with Crippen LogP contribution in [0.1, 0.15) is 5.56 Å². The minimum atomic E-state index is -0.140. The Balaban J connectivity index is 1.79. The highest BCUT2D eigenvalue weighted by molar-refractivity contribution is 6.07. The van der Waals surface area contributed by atoms with Crippen molar-refractivity contribution in [3.63, 3.8) is 0 Å². The summed E-state index contributed by atoms with van der Waals surface area (Å²) in [5.41, 5.74) is 3.32. The van der Waals surface area contributed by atoms with Gasteiger partial charge in [-0.3, -0.25) is 4.79 Å². The fourth-order valence-corrected chi connectivity index (χ4v) is 3.73. The molecule has 26 heavy (non-hydrogen) atoms. The van der Waals surface area contributed by atoms with Crippen molar-refractivity contribution in [2.24, 2.45) is 7.05 Å². The van der Waals surface area contributed by atoms with Gasteiger partial charge in [0.05, 0.1) is 25.6 Å². The first-order valence-electron chi connectivity index (χ1n) is 8.48. The maximum absolute atomic E-state index is 13.2. The Hall–Kier alpha value is -3.28. The van der Waals surface area contributed by atoms with Gasteiger partial charge in [0.25, 0.3) is 5.56 Å². The molecule has 5 rings (SSSR count). The summed E-state index contributed by atoms with van der Waals surface area (Å²) in [5.74, 6) is 1.65. The Bertz CT molecular complexity index is 1240. The van der Waals surface area contributed by atoms with E-state index in [1.165, 1.54) is 4.68 Å². The molecule has 1 aliphatic heterocycles. The van der Waals surface area contributed by atoms with Gasteiger partial charge >= 0.3 is 0 Å². The van der Waals surface area contributed by atoms with Crippen molar-refractivity contribution >= 4 is 21.8 Å². The van der Waals surface area contributed by atoms with E-state index in [-0.39, 0.29) is 5.56 Å². The summed E-state index contributed by atoms with van der Waals surface area (Å²) in [7, 11) is 3.54. The standard InChI is InChI=1S/C20H17N3O3/c1-22-17-5-4-14(25-2)10-15(17)16-11-21-23(20(24)19(16)22)13-3-6-18-12(9-13)7-8-26-18/h3-6,9-11H,7-8H2,1-2H3. The average Bonchev–Trinajstić information content (AvgIpc) is 3.24. The van der Waals surface area contributed by atoms with E-state index in [0.29, 0.717) is 12.1 Å². The van der Waals surface area contributed by atoms with E-state index in [0.717, 1.165) is 45.5 Å². The number of rotatable bonds is 2. The Morgan fingerprint density at radius 1 is 1.15 bits per heavy atom. The van der Waals surface area contributed by atoms with Crippen LogP contribution in [0.4, 0.5) is 0 Å². The highest BCUT2D eigenvalue weighted by Crippen LogP contribution is 2.30. The molecule has 0 unspecified atom stereocenters. The van der Waals surface area contributed by atoms with E-state index in [1.54, 1.807) is 13.3 Å². The van der Waals surface area contributed by atoms with Crippen LogP contribution in [0.15, 0.2) is 47.4 Å². The number of benzene rings is 2. The van der Waals surface area contributed by atoms with Crippen molar-refractivity contribution in [2.45, 2.75) is 6.42 Å². The molecule has 0 saturated carbocycles. The van der Waals surface area contributed by atoms with Crippen LogP contribution in [0.3, 0.4) is 0 Å². The van der Waals surface area contributed by atoms with E-state index >= 15 is 0 Å². The zero-order valence-corrected chi connectivity index (χ0v) is 14.5. The predicted octanol–water partition coefficient (Wildman–Crippen LogP) is 2.82. The summed E-state index contributed by atoms with van der Waals surface area (Å²) in [4.78, 5) is 13.2. The van der Waals surface area contributed by atoms with Gasteiger partial charge in [0.1, 0.15) is 17.0 Å². The number of hydrogen-bond acceptors (Lipinski definition) is 4. The number of fused-ring (bicyclic) bond motifs is 4. The van der Waals surface area contributed by atoms with Gasteiger partial charge in [-0.15, -0.1) is 0 Å². The molecule has 4 aromatic rings. The molecule has 0 bridgehead atoms. The molecule has 0 aliphatic carbocycles. The molecule has 6 nitrogen and oxygen atoms in total. The van der Waals surface area contributed by atoms with Gasteiger partial charge in [-0.05, 0) is 42.0 Å². The number of aromatic nitrogens is 3. The maximum Gasteiger partial charge on any atom is 0.296 e. The second kappa shape index (κ2) is 5.36. The third kappa shape index (κ3) is 1.98. The number of hydrogen-bond donors (Lipinski definition) is 0. The number of nitrogens with zero attached hydrogens (tertiary/aromatic N) is 3. The highest BCUT2D eigenvalue weighted by Gasteiger charge is 2.17. The molecule has 0 atom stereocenters. The summed E-state index contributed by atoms with van der Waals surface area (Å²) in [6.07, 6.45) is 2.61. The molecule has 0 saturated heterocycles. The lowest BCUT2D eigenvalue weighted by molar-refractivity contribution is 0.357. The van der Waals surface area contributed by atoms with E-state index in [9.17, 15) is 4.79 Å². The first-order valence-corrected chi connectivity index (χ1v) is 8.48. The lowest BCUT2D eigenvalue weighted by Gasteiger charge is -2.07. The largest absolute Gasteiger partial charge is 0.497 e. The zero-order chi connectivity index (χ0) is 17.8. The third-order valence-electron chi connectivity index (χ3n) is 5.06. The van der Waals surface area contributed by atoms with Crippen LogP contribution in [-0.2, 0) is 13.5 Å². The molecular formula is C20H17N3O3. The van der Waals surface area contributed by atoms with Crippen LogP contribution < -0.4 is 15.0 Å². The molecule has 0 amide bonds. The second-order valence-electron chi connectivity index (χ2n) is 6.46. The van der Waals surface area contributed by atoms with Gasteiger partial charge in [0.2, 0.25) is 0 Å². The Kier molecular flexibility index (Phi) is 3.09. The lowest BCUT2D eigenvalue weighted by Crippen LogP contribution is -2.22. The van der Waals surface area contributed by atoms with Crippen molar-refractivity contribution in [1.82, 2.24) is 14.3 Å². The first kappa shape index (κ1) is 15.0. The molecular weight excluding hydrogens is 330 g/mol. The molecule has 0 N–H and O–H groups in total. The van der Waals surface area contributed by atoms with Crippen molar-refractivity contribution in [2.75, 3.05) is 13.7 Å².